The fourth-order valence-corrected chi connectivity index (χ4v) is 3.97. The van der Waals surface area contributed by atoms with Crippen LogP contribution < -0.4 is 5.73 Å². The molecule has 0 saturated heterocycles. The maximum atomic E-state index is 13.2. The Labute approximate surface area is 128 Å². The summed E-state index contributed by atoms with van der Waals surface area (Å²) in [6.07, 6.45) is 0. The largest absolute Gasteiger partial charge is 0.320 e. The van der Waals surface area contributed by atoms with Gasteiger partial charge in [-0.15, -0.1) is 11.3 Å². The molecule has 1 unspecified atom stereocenters. The van der Waals surface area contributed by atoms with Gasteiger partial charge < -0.3 is 5.73 Å². The highest BCUT2D eigenvalue weighted by Gasteiger charge is 2.16. The molecule has 0 aliphatic heterocycles. The molecule has 19 heavy (non-hydrogen) atoms. The van der Waals surface area contributed by atoms with Crippen molar-refractivity contribution in [1.29, 1.82) is 0 Å². The van der Waals surface area contributed by atoms with Crippen LogP contribution in [0.2, 0.25) is 0 Å². The molecule has 96 valence electrons. The van der Waals surface area contributed by atoms with Crippen molar-refractivity contribution in [2.24, 2.45) is 5.73 Å². The van der Waals surface area contributed by atoms with Gasteiger partial charge in [0.15, 0.2) is 0 Å². The van der Waals surface area contributed by atoms with E-state index in [1.807, 2.05) is 12.1 Å². The molecule has 1 aromatic heterocycles. The maximum Gasteiger partial charge on any atom is 0.124 e. The average Bonchev–Trinajstić information content (AvgIpc) is 2.82. The smallest absolute Gasteiger partial charge is 0.124 e. The van der Waals surface area contributed by atoms with E-state index in [0.717, 1.165) is 14.7 Å². The van der Waals surface area contributed by atoms with E-state index in [4.69, 9.17) is 5.73 Å². The van der Waals surface area contributed by atoms with Gasteiger partial charge in [-0.1, -0.05) is 24.3 Å². The lowest BCUT2D eigenvalue weighted by Crippen LogP contribution is -2.13. The van der Waals surface area contributed by atoms with E-state index in [0.29, 0.717) is 0 Å². The van der Waals surface area contributed by atoms with Gasteiger partial charge in [0.1, 0.15) is 5.82 Å². The molecule has 2 N–H and O–H groups in total. The molecule has 0 bridgehead atoms. The van der Waals surface area contributed by atoms with Crippen LogP contribution >= 0.6 is 33.9 Å². The number of rotatable bonds is 2. The number of halogens is 2. The summed E-state index contributed by atoms with van der Waals surface area (Å²) in [4.78, 5) is 0. The van der Waals surface area contributed by atoms with Crippen LogP contribution in [0.1, 0.15) is 17.2 Å². The highest BCUT2D eigenvalue weighted by Crippen LogP contribution is 2.33. The quantitative estimate of drug-likeness (QED) is 0.639. The van der Waals surface area contributed by atoms with Crippen LogP contribution in [0.5, 0.6) is 0 Å². The van der Waals surface area contributed by atoms with Gasteiger partial charge in [-0.05, 0) is 62.7 Å². The number of nitrogens with two attached hydrogens (primary N) is 1. The van der Waals surface area contributed by atoms with Gasteiger partial charge in [0.2, 0.25) is 0 Å². The van der Waals surface area contributed by atoms with Crippen LogP contribution in [0.3, 0.4) is 0 Å². The zero-order valence-corrected chi connectivity index (χ0v) is 12.9. The lowest BCUT2D eigenvalue weighted by molar-refractivity contribution is 0.625. The Hall–Kier alpha value is -0.980. The predicted molar refractivity (Wildman–Crippen MR) is 87.0 cm³/mol. The molecule has 0 fully saturated rings. The molecule has 4 heteroatoms. The van der Waals surface area contributed by atoms with Crippen molar-refractivity contribution in [3.05, 3.63) is 68.4 Å². The van der Waals surface area contributed by atoms with Crippen LogP contribution in [-0.2, 0) is 0 Å². The van der Waals surface area contributed by atoms with Crippen LogP contribution in [0, 0.1) is 9.39 Å². The first-order chi connectivity index (χ1) is 9.16. The first kappa shape index (κ1) is 13.0. The number of hydrogen-bond donors (Lipinski definition) is 1. The minimum Gasteiger partial charge on any atom is -0.320 e. The summed E-state index contributed by atoms with van der Waals surface area (Å²) in [5, 5.41) is 3.27. The summed E-state index contributed by atoms with van der Waals surface area (Å²) in [5.41, 5.74) is 8.42. The maximum absolute atomic E-state index is 13.2. The molecular weight excluding hydrogens is 372 g/mol. The zero-order chi connectivity index (χ0) is 13.4. The van der Waals surface area contributed by atoms with Crippen molar-refractivity contribution in [1.82, 2.24) is 0 Å². The molecule has 3 rings (SSSR count). The number of thiophene rings is 1. The van der Waals surface area contributed by atoms with Gasteiger partial charge in [-0.25, -0.2) is 4.39 Å². The SMILES string of the molecule is NC(c1ccc(F)cc1I)c1csc2ccccc12. The molecule has 0 aliphatic carbocycles. The molecule has 1 heterocycles. The van der Waals surface area contributed by atoms with E-state index < -0.39 is 0 Å². The van der Waals surface area contributed by atoms with E-state index in [1.54, 1.807) is 17.4 Å². The normalized spacial score (nSPS) is 12.8. The zero-order valence-electron chi connectivity index (χ0n) is 9.94. The van der Waals surface area contributed by atoms with Crippen molar-refractivity contribution in [3.63, 3.8) is 0 Å². The van der Waals surface area contributed by atoms with Gasteiger partial charge in [-0.3, -0.25) is 0 Å². The Morgan fingerprint density at radius 3 is 2.68 bits per heavy atom. The van der Waals surface area contributed by atoms with Gasteiger partial charge in [0.25, 0.3) is 0 Å². The van der Waals surface area contributed by atoms with E-state index in [9.17, 15) is 4.39 Å². The number of fused-ring (bicyclic) bond motifs is 1. The number of benzene rings is 2. The standard InChI is InChI=1S/C15H11FINS/c16-9-5-6-11(13(17)7-9)15(18)12-8-19-14-4-2-1-3-10(12)14/h1-8,15H,18H2. The topological polar surface area (TPSA) is 26.0 Å². The third kappa shape index (κ3) is 2.40. The predicted octanol–water partition coefficient (Wildman–Crippen LogP) is 4.69. The van der Waals surface area contributed by atoms with E-state index in [-0.39, 0.29) is 11.9 Å². The fourth-order valence-electron chi connectivity index (χ4n) is 2.16. The third-order valence-corrected chi connectivity index (χ3v) is 5.06. The highest BCUT2D eigenvalue weighted by atomic mass is 127. The molecule has 0 spiro atoms. The van der Waals surface area contributed by atoms with Crippen molar-refractivity contribution >= 4 is 44.0 Å². The summed E-state index contributed by atoms with van der Waals surface area (Å²) in [7, 11) is 0. The van der Waals surface area contributed by atoms with Gasteiger partial charge in [0, 0.05) is 8.27 Å². The molecule has 0 saturated carbocycles. The van der Waals surface area contributed by atoms with E-state index >= 15 is 0 Å². The molecule has 1 nitrogen and oxygen atoms in total. The second-order valence-electron chi connectivity index (χ2n) is 4.33. The first-order valence-electron chi connectivity index (χ1n) is 5.83. The van der Waals surface area contributed by atoms with E-state index in [1.165, 1.54) is 22.2 Å². The van der Waals surface area contributed by atoms with Crippen molar-refractivity contribution < 1.29 is 4.39 Å². The van der Waals surface area contributed by atoms with Crippen molar-refractivity contribution in [2.45, 2.75) is 6.04 Å². The molecular formula is C15H11FINS. The second-order valence-corrected chi connectivity index (χ2v) is 6.40. The van der Waals surface area contributed by atoms with Crippen LogP contribution in [-0.4, -0.2) is 0 Å². The van der Waals surface area contributed by atoms with Gasteiger partial charge in [-0.2, -0.15) is 0 Å². The molecule has 3 aromatic rings. The summed E-state index contributed by atoms with van der Waals surface area (Å²) >= 11 is 3.82. The lowest BCUT2D eigenvalue weighted by Gasteiger charge is -2.13. The van der Waals surface area contributed by atoms with Crippen molar-refractivity contribution in [2.75, 3.05) is 0 Å². The second kappa shape index (κ2) is 5.19. The molecule has 1 atom stereocenters. The fraction of sp³-hybridized carbons (Fsp3) is 0.0667. The highest BCUT2D eigenvalue weighted by molar-refractivity contribution is 14.1. The summed E-state index contributed by atoms with van der Waals surface area (Å²) < 4.78 is 15.3. The lowest BCUT2D eigenvalue weighted by atomic mass is 9.99. The average molecular weight is 383 g/mol. The third-order valence-electron chi connectivity index (χ3n) is 3.14. The van der Waals surface area contributed by atoms with Crippen molar-refractivity contribution in [3.8, 4) is 0 Å². The molecule has 0 aliphatic rings. The van der Waals surface area contributed by atoms with Crippen LogP contribution in [0.25, 0.3) is 10.1 Å². The minimum atomic E-state index is -0.226. The van der Waals surface area contributed by atoms with Crippen LogP contribution in [0.4, 0.5) is 4.39 Å². The molecule has 2 aromatic carbocycles. The summed E-state index contributed by atoms with van der Waals surface area (Å²) in [6, 6.07) is 12.7. The van der Waals surface area contributed by atoms with Gasteiger partial charge >= 0.3 is 0 Å². The molecule has 0 amide bonds. The Morgan fingerprint density at radius 2 is 1.89 bits per heavy atom. The van der Waals surface area contributed by atoms with Gasteiger partial charge in [0.05, 0.1) is 6.04 Å². The Balaban J connectivity index is 2.10. The first-order valence-corrected chi connectivity index (χ1v) is 7.79. The minimum absolute atomic E-state index is 0.219. The molecule has 0 radical (unpaired) electrons. The van der Waals surface area contributed by atoms with Crippen LogP contribution in [0.15, 0.2) is 47.8 Å². The Kier molecular flexibility index (Phi) is 3.56. The Bertz CT molecular complexity index is 738. The number of hydrogen-bond acceptors (Lipinski definition) is 2. The summed E-state index contributed by atoms with van der Waals surface area (Å²) in [5.74, 6) is -0.226. The monoisotopic (exact) mass is 383 g/mol. The Morgan fingerprint density at radius 1 is 1.11 bits per heavy atom. The van der Waals surface area contributed by atoms with E-state index in [2.05, 4.69) is 40.1 Å². The summed E-state index contributed by atoms with van der Waals surface area (Å²) in [6.45, 7) is 0.